The van der Waals surface area contributed by atoms with E-state index in [2.05, 4.69) is 5.10 Å². The molecule has 3 heteroatoms. The molecule has 0 N–H and O–H groups in total. The number of aryl methyl sites for hydroxylation is 1. The minimum absolute atomic E-state index is 0.780. The highest BCUT2D eigenvalue weighted by molar-refractivity contribution is 5.16. The molecule has 0 fully saturated rings. The lowest BCUT2D eigenvalue weighted by Gasteiger charge is -1.85. The van der Waals surface area contributed by atoms with Crippen LogP contribution in [0.4, 0.5) is 0 Å². The third-order valence-corrected chi connectivity index (χ3v) is 1.42. The Balaban J connectivity index is 0.000000281. The minimum Gasteiger partial charge on any atom is -0.476 e. The van der Waals surface area contributed by atoms with Crippen LogP contribution >= 0.6 is 0 Å². The van der Waals surface area contributed by atoms with E-state index < -0.39 is 0 Å². The van der Waals surface area contributed by atoms with Crippen LogP contribution in [0.15, 0.2) is 6.07 Å². The largest absolute Gasteiger partial charge is 0.476 e. The van der Waals surface area contributed by atoms with Gasteiger partial charge in [-0.25, -0.2) is 4.68 Å². The molecule has 0 bridgehead atoms. The summed E-state index contributed by atoms with van der Waals surface area (Å²) in [5, 5.41) is 4.18. The quantitative estimate of drug-likeness (QED) is 0.567. The molecule has 0 unspecified atom stereocenters. The van der Waals surface area contributed by atoms with Gasteiger partial charge in [0.05, 0.1) is 12.2 Å². The second-order valence-electron chi connectivity index (χ2n) is 2.20. The highest BCUT2D eigenvalue weighted by Gasteiger charge is 2.11. The Kier molecular flexibility index (Phi) is 2.52. The molecule has 0 amide bonds. The Morgan fingerprint density at radius 3 is 2.91 bits per heavy atom. The Morgan fingerprint density at radius 2 is 2.27 bits per heavy atom. The van der Waals surface area contributed by atoms with Gasteiger partial charge in [0.2, 0.25) is 5.88 Å². The van der Waals surface area contributed by atoms with Crippen molar-refractivity contribution in [2.45, 2.75) is 27.3 Å². The second-order valence-corrected chi connectivity index (χ2v) is 2.20. The van der Waals surface area contributed by atoms with Gasteiger partial charge in [0.1, 0.15) is 6.61 Å². The van der Waals surface area contributed by atoms with Gasteiger partial charge in [0, 0.05) is 6.07 Å². The van der Waals surface area contributed by atoms with Gasteiger partial charge in [-0.3, -0.25) is 0 Å². The van der Waals surface area contributed by atoms with Crippen molar-refractivity contribution in [3.63, 3.8) is 0 Å². The zero-order chi connectivity index (χ0) is 8.27. The van der Waals surface area contributed by atoms with Crippen LogP contribution in [0.1, 0.15) is 19.5 Å². The maximum atomic E-state index is 5.22. The van der Waals surface area contributed by atoms with E-state index in [-0.39, 0.29) is 0 Å². The molecular weight excluding hydrogens is 140 g/mol. The van der Waals surface area contributed by atoms with Crippen molar-refractivity contribution >= 4 is 0 Å². The summed E-state index contributed by atoms with van der Waals surface area (Å²) >= 11 is 0. The molecule has 0 saturated carbocycles. The third-order valence-electron chi connectivity index (χ3n) is 1.42. The average Bonchev–Trinajstić information content (AvgIpc) is 2.51. The van der Waals surface area contributed by atoms with Crippen molar-refractivity contribution in [1.82, 2.24) is 9.78 Å². The molecule has 0 saturated heterocycles. The predicted molar refractivity (Wildman–Crippen MR) is 43.8 cm³/mol. The topological polar surface area (TPSA) is 27.1 Å². The molecule has 1 aromatic rings. The first-order valence-corrected chi connectivity index (χ1v) is 4.03. The van der Waals surface area contributed by atoms with E-state index in [0.717, 1.165) is 24.7 Å². The molecule has 62 valence electrons. The van der Waals surface area contributed by atoms with E-state index in [4.69, 9.17) is 4.74 Å². The van der Waals surface area contributed by atoms with Crippen LogP contribution in [-0.4, -0.2) is 16.4 Å². The summed E-state index contributed by atoms with van der Waals surface area (Å²) in [4.78, 5) is 0. The summed E-state index contributed by atoms with van der Waals surface area (Å²) in [6.07, 6.45) is 0. The Bertz CT molecular complexity index is 208. The van der Waals surface area contributed by atoms with Crippen LogP contribution in [0.5, 0.6) is 5.88 Å². The Hall–Kier alpha value is -0.990. The zero-order valence-electron chi connectivity index (χ0n) is 7.29. The number of hydrogen-bond donors (Lipinski definition) is 0. The molecule has 1 aliphatic heterocycles. The number of hydrogen-bond acceptors (Lipinski definition) is 2. The summed E-state index contributed by atoms with van der Waals surface area (Å²) in [6.45, 7) is 7.65. The zero-order valence-corrected chi connectivity index (χ0v) is 7.29. The highest BCUT2D eigenvalue weighted by Crippen LogP contribution is 2.16. The summed E-state index contributed by atoms with van der Waals surface area (Å²) in [6, 6.07) is 1.95. The number of fused-ring (bicyclic) bond motifs is 1. The van der Waals surface area contributed by atoms with Crippen LogP contribution in [0.25, 0.3) is 0 Å². The second kappa shape index (κ2) is 3.42. The molecule has 2 heterocycles. The van der Waals surface area contributed by atoms with Gasteiger partial charge in [-0.2, -0.15) is 5.10 Å². The first kappa shape index (κ1) is 8.11. The lowest BCUT2D eigenvalue weighted by atomic mass is 10.5. The van der Waals surface area contributed by atoms with Gasteiger partial charge in [-0.1, -0.05) is 13.8 Å². The first-order chi connectivity index (χ1) is 5.36. The molecule has 0 aromatic carbocycles. The number of ether oxygens (including phenoxy) is 1. The minimum atomic E-state index is 0.780. The molecule has 0 spiro atoms. The van der Waals surface area contributed by atoms with Gasteiger partial charge in [-0.15, -0.1) is 0 Å². The van der Waals surface area contributed by atoms with Gasteiger partial charge in [0.25, 0.3) is 0 Å². The fourth-order valence-corrected chi connectivity index (χ4v) is 1.03. The van der Waals surface area contributed by atoms with Crippen molar-refractivity contribution in [1.29, 1.82) is 0 Å². The molecule has 0 radical (unpaired) electrons. The van der Waals surface area contributed by atoms with Crippen LogP contribution < -0.4 is 4.74 Å². The molecule has 3 nitrogen and oxygen atoms in total. The van der Waals surface area contributed by atoms with E-state index in [1.807, 2.05) is 31.5 Å². The number of aromatic nitrogens is 2. The van der Waals surface area contributed by atoms with Gasteiger partial charge < -0.3 is 4.74 Å². The summed E-state index contributed by atoms with van der Waals surface area (Å²) < 4.78 is 7.10. The Morgan fingerprint density at radius 1 is 1.55 bits per heavy atom. The first-order valence-electron chi connectivity index (χ1n) is 4.03. The van der Waals surface area contributed by atoms with E-state index >= 15 is 0 Å². The van der Waals surface area contributed by atoms with Crippen molar-refractivity contribution in [2.24, 2.45) is 0 Å². The van der Waals surface area contributed by atoms with Crippen LogP contribution in [0.3, 0.4) is 0 Å². The molecule has 2 rings (SSSR count). The molecule has 1 aliphatic rings. The van der Waals surface area contributed by atoms with Gasteiger partial charge >= 0.3 is 0 Å². The van der Waals surface area contributed by atoms with Crippen molar-refractivity contribution in [3.05, 3.63) is 11.8 Å². The van der Waals surface area contributed by atoms with E-state index in [0.29, 0.717) is 0 Å². The fourth-order valence-electron chi connectivity index (χ4n) is 1.03. The van der Waals surface area contributed by atoms with Crippen LogP contribution in [-0.2, 0) is 6.54 Å². The number of nitrogens with zero attached hydrogens (tertiary/aromatic N) is 2. The standard InChI is InChI=1S/C6H8N2O.C2H6/c1-5-4-6-8(7-5)2-3-9-6;1-2/h4H,2-3H2,1H3;1-2H3. The van der Waals surface area contributed by atoms with Gasteiger partial charge in [-0.05, 0) is 6.92 Å². The monoisotopic (exact) mass is 154 g/mol. The lowest BCUT2D eigenvalue weighted by Crippen LogP contribution is -1.95. The fraction of sp³-hybridized carbons (Fsp3) is 0.625. The maximum Gasteiger partial charge on any atom is 0.212 e. The SMILES string of the molecule is CC.Cc1cc2n(n1)CCO2. The average molecular weight is 154 g/mol. The van der Waals surface area contributed by atoms with Crippen molar-refractivity contribution < 1.29 is 4.74 Å². The molecule has 0 atom stereocenters. The van der Waals surface area contributed by atoms with Crippen LogP contribution in [0.2, 0.25) is 0 Å². The molecule has 11 heavy (non-hydrogen) atoms. The van der Waals surface area contributed by atoms with E-state index in [1.165, 1.54) is 0 Å². The van der Waals surface area contributed by atoms with E-state index in [1.54, 1.807) is 0 Å². The van der Waals surface area contributed by atoms with Crippen molar-refractivity contribution in [3.8, 4) is 5.88 Å². The van der Waals surface area contributed by atoms with Crippen molar-refractivity contribution in [2.75, 3.05) is 6.61 Å². The predicted octanol–water partition coefficient (Wildman–Crippen LogP) is 1.61. The Labute approximate surface area is 67.0 Å². The number of rotatable bonds is 0. The molecule has 0 aliphatic carbocycles. The molecular formula is C8H14N2O. The highest BCUT2D eigenvalue weighted by atomic mass is 16.5. The lowest BCUT2D eigenvalue weighted by molar-refractivity contribution is 0.356. The maximum absolute atomic E-state index is 5.22. The summed E-state index contributed by atoms with van der Waals surface area (Å²) in [7, 11) is 0. The van der Waals surface area contributed by atoms with Crippen LogP contribution in [0, 0.1) is 6.92 Å². The van der Waals surface area contributed by atoms with E-state index in [9.17, 15) is 0 Å². The summed E-state index contributed by atoms with van der Waals surface area (Å²) in [5.74, 6) is 0.910. The third kappa shape index (κ3) is 1.53. The normalized spacial score (nSPS) is 13.0. The molecule has 1 aromatic heterocycles. The smallest absolute Gasteiger partial charge is 0.212 e. The van der Waals surface area contributed by atoms with Gasteiger partial charge in [0.15, 0.2) is 0 Å². The summed E-state index contributed by atoms with van der Waals surface area (Å²) in [5.41, 5.74) is 1.03.